The van der Waals surface area contributed by atoms with Crippen LogP contribution < -0.4 is 5.56 Å². The maximum Gasteiger partial charge on any atom is 0.272 e. The molecule has 134 valence electrons. The number of fused-ring (bicyclic) bond motifs is 1. The summed E-state index contributed by atoms with van der Waals surface area (Å²) in [5.74, 6) is -0.192. The molecule has 0 spiro atoms. The summed E-state index contributed by atoms with van der Waals surface area (Å²) in [6, 6.07) is 6.59. The van der Waals surface area contributed by atoms with E-state index in [2.05, 4.69) is 10.2 Å². The van der Waals surface area contributed by atoms with Gasteiger partial charge in [0.2, 0.25) is 5.91 Å². The minimum atomic E-state index is -3.10. The van der Waals surface area contributed by atoms with Gasteiger partial charge in [-0.3, -0.25) is 14.6 Å². The number of nitrogens with zero attached hydrogens (tertiary/aromatic N) is 3. The summed E-state index contributed by atoms with van der Waals surface area (Å²) in [5.41, 5.74) is 0.158. The van der Waals surface area contributed by atoms with Crippen molar-refractivity contribution in [2.24, 2.45) is 0 Å². The molecule has 0 radical (unpaired) electrons. The van der Waals surface area contributed by atoms with Crippen LogP contribution in [0.4, 0.5) is 0 Å². The average molecular weight is 364 g/mol. The molecule has 0 saturated carbocycles. The van der Waals surface area contributed by atoms with E-state index in [1.54, 1.807) is 43.4 Å². The van der Waals surface area contributed by atoms with E-state index in [1.165, 1.54) is 5.01 Å². The fraction of sp³-hybridized carbons (Fsp3) is 0.438. The third-order valence-electron chi connectivity index (χ3n) is 4.33. The lowest BCUT2D eigenvalue weighted by Crippen LogP contribution is -2.50. The van der Waals surface area contributed by atoms with Crippen LogP contribution in [0.25, 0.3) is 10.8 Å². The van der Waals surface area contributed by atoms with Crippen LogP contribution in [0.3, 0.4) is 0 Å². The van der Waals surface area contributed by atoms with Gasteiger partial charge in [-0.05, 0) is 12.5 Å². The van der Waals surface area contributed by atoms with Gasteiger partial charge in [-0.1, -0.05) is 18.2 Å². The molecular weight excluding hydrogens is 344 g/mol. The smallest absolute Gasteiger partial charge is 0.272 e. The van der Waals surface area contributed by atoms with E-state index in [0.717, 1.165) is 0 Å². The SMILES string of the molecule is CN(C)N(C(=O)Cc1n[nH]c(=O)c2ccccc12)C1CCS(=O)(=O)C1. The zero-order valence-electron chi connectivity index (χ0n) is 14.1. The van der Waals surface area contributed by atoms with E-state index in [9.17, 15) is 18.0 Å². The summed E-state index contributed by atoms with van der Waals surface area (Å²) in [6.45, 7) is 0. The zero-order chi connectivity index (χ0) is 18.2. The van der Waals surface area contributed by atoms with Crippen LogP contribution in [-0.4, -0.2) is 66.2 Å². The lowest BCUT2D eigenvalue weighted by Gasteiger charge is -2.33. The Kier molecular flexibility index (Phi) is 4.61. The number of hydrogen-bond acceptors (Lipinski definition) is 6. The molecule has 0 aliphatic carbocycles. The van der Waals surface area contributed by atoms with Gasteiger partial charge in [0.15, 0.2) is 9.84 Å². The van der Waals surface area contributed by atoms with Gasteiger partial charge in [-0.2, -0.15) is 5.10 Å². The summed E-state index contributed by atoms with van der Waals surface area (Å²) in [6.07, 6.45) is 0.401. The van der Waals surface area contributed by atoms with Gasteiger partial charge < -0.3 is 0 Å². The third-order valence-corrected chi connectivity index (χ3v) is 6.08. The van der Waals surface area contributed by atoms with Gasteiger partial charge in [0, 0.05) is 19.5 Å². The fourth-order valence-electron chi connectivity index (χ4n) is 3.25. The van der Waals surface area contributed by atoms with Crippen LogP contribution in [0.15, 0.2) is 29.1 Å². The highest BCUT2D eigenvalue weighted by atomic mass is 32.2. The molecular formula is C16H20N4O4S. The minimum Gasteiger partial charge on any atom is -0.273 e. The number of H-pyrrole nitrogens is 1. The number of hydrogen-bond donors (Lipinski definition) is 1. The second kappa shape index (κ2) is 6.57. The van der Waals surface area contributed by atoms with E-state index in [-0.39, 0.29) is 35.4 Å². The number of aromatic amines is 1. The van der Waals surface area contributed by atoms with E-state index in [0.29, 0.717) is 22.9 Å². The quantitative estimate of drug-likeness (QED) is 0.764. The summed E-state index contributed by atoms with van der Waals surface area (Å²) in [7, 11) is 0.315. The minimum absolute atomic E-state index is 0.0218. The van der Waals surface area contributed by atoms with Gasteiger partial charge in [-0.15, -0.1) is 0 Å². The first-order chi connectivity index (χ1) is 11.8. The predicted molar refractivity (Wildman–Crippen MR) is 93.7 cm³/mol. The summed E-state index contributed by atoms with van der Waals surface area (Å²) in [5, 5.41) is 10.6. The van der Waals surface area contributed by atoms with Crippen LogP contribution in [0.1, 0.15) is 12.1 Å². The fourth-order valence-corrected chi connectivity index (χ4v) is 4.94. The van der Waals surface area contributed by atoms with Crippen molar-refractivity contribution in [2.75, 3.05) is 25.6 Å². The Bertz CT molecular complexity index is 968. The Labute approximate surface area is 145 Å². The molecule has 2 heterocycles. The largest absolute Gasteiger partial charge is 0.273 e. The number of carbonyl (C=O) groups is 1. The standard InChI is InChI=1S/C16H20N4O4S/c1-19(2)20(11-7-8-25(23,24)10-11)15(21)9-14-12-5-3-4-6-13(12)16(22)18-17-14/h3-6,11H,7-10H2,1-2H3,(H,18,22). The van der Waals surface area contributed by atoms with Crippen molar-refractivity contribution in [3.63, 3.8) is 0 Å². The number of aromatic nitrogens is 2. The number of sulfone groups is 1. The summed E-state index contributed by atoms with van der Waals surface area (Å²) < 4.78 is 23.5. The number of nitrogens with one attached hydrogen (secondary N) is 1. The molecule has 9 heteroatoms. The lowest BCUT2D eigenvalue weighted by molar-refractivity contribution is -0.148. The monoisotopic (exact) mass is 364 g/mol. The van der Waals surface area contributed by atoms with E-state index in [1.807, 2.05) is 0 Å². The predicted octanol–water partition coefficient (Wildman–Crippen LogP) is -0.0421. The van der Waals surface area contributed by atoms with Crippen molar-refractivity contribution in [2.45, 2.75) is 18.9 Å². The highest BCUT2D eigenvalue weighted by Gasteiger charge is 2.36. The Hall–Kier alpha value is -2.26. The molecule has 2 aromatic rings. The highest BCUT2D eigenvalue weighted by molar-refractivity contribution is 7.91. The van der Waals surface area contributed by atoms with Gasteiger partial charge in [0.05, 0.1) is 35.0 Å². The van der Waals surface area contributed by atoms with Crippen molar-refractivity contribution >= 4 is 26.5 Å². The van der Waals surface area contributed by atoms with Crippen LogP contribution >= 0.6 is 0 Å². The molecule has 3 rings (SSSR count). The Morgan fingerprint density at radius 3 is 2.56 bits per heavy atom. The van der Waals surface area contributed by atoms with Gasteiger partial charge in [0.25, 0.3) is 5.56 Å². The molecule has 1 fully saturated rings. The topological polar surface area (TPSA) is 103 Å². The first-order valence-electron chi connectivity index (χ1n) is 7.94. The first kappa shape index (κ1) is 17.6. The second-order valence-corrected chi connectivity index (χ2v) is 8.59. The van der Waals surface area contributed by atoms with Crippen molar-refractivity contribution in [3.8, 4) is 0 Å². The lowest BCUT2D eigenvalue weighted by atomic mass is 10.1. The molecule has 0 bridgehead atoms. The number of hydrazine groups is 1. The normalized spacial score (nSPS) is 19.4. The Morgan fingerprint density at radius 1 is 1.28 bits per heavy atom. The highest BCUT2D eigenvalue weighted by Crippen LogP contribution is 2.20. The molecule has 1 N–H and O–H groups in total. The van der Waals surface area contributed by atoms with Crippen molar-refractivity contribution < 1.29 is 13.2 Å². The van der Waals surface area contributed by atoms with Crippen LogP contribution in [-0.2, 0) is 21.1 Å². The number of amides is 1. The van der Waals surface area contributed by atoms with E-state index in [4.69, 9.17) is 0 Å². The molecule has 1 unspecified atom stereocenters. The summed E-state index contributed by atoms with van der Waals surface area (Å²) >= 11 is 0. The molecule has 1 amide bonds. The molecule has 8 nitrogen and oxygen atoms in total. The third kappa shape index (κ3) is 3.57. The average Bonchev–Trinajstić information content (AvgIpc) is 2.89. The van der Waals surface area contributed by atoms with Crippen LogP contribution in [0.5, 0.6) is 0 Å². The number of benzene rings is 1. The van der Waals surface area contributed by atoms with Crippen LogP contribution in [0.2, 0.25) is 0 Å². The van der Waals surface area contributed by atoms with Crippen molar-refractivity contribution in [1.29, 1.82) is 0 Å². The molecule has 1 aromatic carbocycles. The maximum absolute atomic E-state index is 12.8. The molecule has 1 aliphatic heterocycles. The number of carbonyl (C=O) groups excluding carboxylic acids is 1. The van der Waals surface area contributed by atoms with Crippen molar-refractivity contribution in [1.82, 2.24) is 20.2 Å². The molecule has 1 aliphatic rings. The molecule has 25 heavy (non-hydrogen) atoms. The molecule has 1 atom stereocenters. The van der Waals surface area contributed by atoms with E-state index < -0.39 is 9.84 Å². The summed E-state index contributed by atoms with van der Waals surface area (Å²) in [4.78, 5) is 24.7. The Morgan fingerprint density at radius 2 is 1.96 bits per heavy atom. The maximum atomic E-state index is 12.8. The van der Waals surface area contributed by atoms with E-state index >= 15 is 0 Å². The molecule has 1 saturated heterocycles. The second-order valence-electron chi connectivity index (χ2n) is 6.36. The van der Waals surface area contributed by atoms with Gasteiger partial charge >= 0.3 is 0 Å². The number of rotatable bonds is 4. The Balaban J connectivity index is 1.90. The van der Waals surface area contributed by atoms with Crippen LogP contribution in [0, 0.1) is 0 Å². The van der Waals surface area contributed by atoms with Crippen molar-refractivity contribution in [3.05, 3.63) is 40.3 Å². The molecule has 1 aromatic heterocycles. The first-order valence-corrected chi connectivity index (χ1v) is 9.76. The zero-order valence-corrected chi connectivity index (χ0v) is 14.9. The van der Waals surface area contributed by atoms with Gasteiger partial charge in [0.1, 0.15) is 0 Å². The van der Waals surface area contributed by atoms with Gasteiger partial charge in [-0.25, -0.2) is 18.5 Å².